The maximum atomic E-state index is 13.0. The Morgan fingerprint density at radius 2 is 1.03 bits per heavy atom. The molecule has 0 heterocycles. The van der Waals surface area contributed by atoms with Crippen LogP contribution in [-0.2, 0) is 28.8 Å². The van der Waals surface area contributed by atoms with Crippen molar-refractivity contribution in [2.75, 3.05) is 0 Å². The first kappa shape index (κ1) is 23.0. The van der Waals surface area contributed by atoms with E-state index < -0.39 is 30.0 Å². The van der Waals surface area contributed by atoms with Gasteiger partial charge in [-0.15, -0.1) is 10.2 Å². The van der Waals surface area contributed by atoms with Gasteiger partial charge < -0.3 is 0 Å². The molecule has 12 heteroatoms. The van der Waals surface area contributed by atoms with Gasteiger partial charge in [0.05, 0.1) is 11.4 Å². The molecule has 4 aromatic carbocycles. The van der Waals surface area contributed by atoms with E-state index in [9.17, 15) is 16.8 Å². The molecule has 0 bridgehead atoms. The zero-order valence-corrected chi connectivity index (χ0v) is 18.9. The molecule has 10 nitrogen and oxygen atoms in total. The number of fused-ring (bicyclic) bond motifs is 1. The third-order valence-corrected chi connectivity index (χ3v) is 6.92. The summed E-state index contributed by atoms with van der Waals surface area (Å²) in [6, 6.07) is 25.3. The van der Waals surface area contributed by atoms with Crippen molar-refractivity contribution in [1.29, 1.82) is 0 Å². The fourth-order valence-corrected chi connectivity index (χ4v) is 5.31. The first-order chi connectivity index (χ1) is 16.4. The lowest BCUT2D eigenvalue weighted by molar-refractivity contribution is 0.306. The van der Waals surface area contributed by atoms with Crippen molar-refractivity contribution >= 4 is 42.4 Å². The largest absolute Gasteiger partial charge is 0.362 e. The molecule has 4 aromatic rings. The summed E-state index contributed by atoms with van der Waals surface area (Å²) >= 11 is 0. The van der Waals surface area contributed by atoms with Gasteiger partial charge in [0, 0.05) is 15.9 Å². The highest BCUT2D eigenvalue weighted by molar-refractivity contribution is 7.90. The molecule has 0 fully saturated rings. The van der Waals surface area contributed by atoms with Gasteiger partial charge in [0.15, 0.2) is 0 Å². The van der Waals surface area contributed by atoms with E-state index in [1.807, 2.05) is 0 Å². The van der Waals surface area contributed by atoms with E-state index in [1.165, 1.54) is 12.1 Å². The Morgan fingerprint density at radius 3 is 1.62 bits per heavy atom. The van der Waals surface area contributed by atoms with Crippen LogP contribution in [0.5, 0.6) is 0 Å². The minimum absolute atomic E-state index is 0.0853. The minimum Gasteiger partial charge on any atom is -0.244 e. The average molecular weight is 497 g/mol. The second-order valence-corrected chi connectivity index (χ2v) is 9.67. The van der Waals surface area contributed by atoms with E-state index in [4.69, 9.17) is 4.28 Å². The summed E-state index contributed by atoms with van der Waals surface area (Å²) in [7, 11) is -9.44. The zero-order valence-electron chi connectivity index (χ0n) is 17.3. The maximum Gasteiger partial charge on any atom is 0.362 e. The van der Waals surface area contributed by atoms with Crippen molar-refractivity contribution < 1.29 is 25.4 Å². The molecule has 0 aliphatic heterocycles. The average Bonchev–Trinajstić information content (AvgIpc) is 2.84. The van der Waals surface area contributed by atoms with Crippen molar-refractivity contribution in [2.45, 2.75) is 9.79 Å². The second kappa shape index (κ2) is 9.77. The Kier molecular flexibility index (Phi) is 6.61. The summed E-state index contributed by atoms with van der Waals surface area (Å²) < 4.78 is 61.2. The number of nitrogens with zero attached hydrogens (tertiary/aromatic N) is 4. The van der Waals surface area contributed by atoms with Gasteiger partial charge in [-0.1, -0.05) is 66.7 Å². The number of hydrogen-bond donors (Lipinski definition) is 0. The maximum absolute atomic E-state index is 13.0. The van der Waals surface area contributed by atoms with Crippen LogP contribution in [0, 0.1) is 0 Å². The molecule has 0 aliphatic rings. The molecular formula is C22H16N4O6S2. The first-order valence-corrected chi connectivity index (χ1v) is 12.5. The summed E-state index contributed by atoms with van der Waals surface area (Å²) in [4.78, 5) is -1.35. The Hall–Kier alpha value is -4.16. The smallest absolute Gasteiger partial charge is 0.244 e. The van der Waals surface area contributed by atoms with E-state index in [2.05, 4.69) is 25.1 Å². The van der Waals surface area contributed by atoms with Crippen LogP contribution < -0.4 is 0 Å². The van der Waals surface area contributed by atoms with Crippen molar-refractivity contribution in [3.05, 3.63) is 97.1 Å². The zero-order chi connectivity index (χ0) is 24.0. The van der Waals surface area contributed by atoms with Gasteiger partial charge in [0.25, 0.3) is 0 Å². The van der Waals surface area contributed by atoms with Crippen LogP contribution in [-0.4, -0.2) is 16.8 Å². The summed E-state index contributed by atoms with van der Waals surface area (Å²) in [6.45, 7) is 0. The lowest BCUT2D eigenvalue weighted by atomic mass is 10.1. The van der Waals surface area contributed by atoms with E-state index in [0.29, 0.717) is 16.8 Å². The molecule has 34 heavy (non-hydrogen) atoms. The summed E-state index contributed by atoms with van der Waals surface area (Å²) in [6.07, 6.45) is 0. The monoisotopic (exact) mass is 496 g/mol. The predicted octanol–water partition coefficient (Wildman–Crippen LogP) is 5.65. The van der Waals surface area contributed by atoms with Crippen LogP contribution in [0.2, 0.25) is 0 Å². The number of rotatable bonds is 8. The van der Waals surface area contributed by atoms with Crippen molar-refractivity contribution in [2.24, 2.45) is 20.8 Å². The van der Waals surface area contributed by atoms with E-state index >= 15 is 0 Å². The van der Waals surface area contributed by atoms with E-state index in [-0.39, 0.29) is 5.39 Å². The van der Waals surface area contributed by atoms with Crippen molar-refractivity contribution in [1.82, 2.24) is 0 Å². The Bertz CT molecular complexity index is 1570. The highest BCUT2D eigenvalue weighted by Crippen LogP contribution is 2.32. The van der Waals surface area contributed by atoms with Gasteiger partial charge in [-0.2, -0.15) is 16.8 Å². The molecule has 4 rings (SSSR count). The molecule has 0 aliphatic carbocycles. The second-order valence-electron chi connectivity index (χ2n) is 6.71. The third-order valence-electron chi connectivity index (χ3n) is 4.45. The van der Waals surface area contributed by atoms with Crippen LogP contribution >= 0.6 is 0 Å². The van der Waals surface area contributed by atoms with Crippen molar-refractivity contribution in [3.63, 3.8) is 0 Å². The normalized spacial score (nSPS) is 12.4. The molecule has 0 aromatic heterocycles. The van der Waals surface area contributed by atoms with Crippen LogP contribution in [0.15, 0.2) is 128 Å². The van der Waals surface area contributed by atoms with Gasteiger partial charge >= 0.3 is 20.2 Å². The fourth-order valence-electron chi connectivity index (χ4n) is 2.96. The lowest BCUT2D eigenvalue weighted by Gasteiger charge is -2.10. The molecule has 0 saturated carbocycles. The van der Waals surface area contributed by atoms with Crippen LogP contribution in [0.25, 0.3) is 10.8 Å². The summed E-state index contributed by atoms with van der Waals surface area (Å²) in [5.74, 6) is 0. The van der Waals surface area contributed by atoms with Gasteiger partial charge in [-0.25, -0.2) is 8.57 Å². The molecule has 0 saturated heterocycles. The standard InChI is InChI=1S/C22H16N4O6S2/c27-33(28,31-25-23-18-10-3-1-4-11-18)21-16-15-17-9-7-8-14-20(17)22(21)34(29,30)32-26-24-19-12-5-2-6-13-19/h1-16H. The van der Waals surface area contributed by atoms with Gasteiger partial charge in [0.2, 0.25) is 0 Å². The Morgan fingerprint density at radius 1 is 0.529 bits per heavy atom. The highest BCUT2D eigenvalue weighted by Gasteiger charge is 2.32. The minimum atomic E-state index is -4.74. The molecule has 0 unspecified atom stereocenters. The molecule has 0 amide bonds. The van der Waals surface area contributed by atoms with Crippen LogP contribution in [0.4, 0.5) is 11.4 Å². The van der Waals surface area contributed by atoms with Crippen LogP contribution in [0.1, 0.15) is 0 Å². The topological polar surface area (TPSA) is 136 Å². The SMILES string of the molecule is O=S(=O)(ON=Nc1ccccc1)c1ccc2ccccc2c1S(=O)(=O)ON=Nc1ccccc1. The fraction of sp³-hybridized carbons (Fsp3) is 0. The van der Waals surface area contributed by atoms with Crippen molar-refractivity contribution in [3.8, 4) is 0 Å². The van der Waals surface area contributed by atoms with E-state index in [0.717, 1.165) is 6.07 Å². The van der Waals surface area contributed by atoms with E-state index in [1.54, 1.807) is 78.9 Å². The number of benzene rings is 4. The molecule has 0 atom stereocenters. The quantitative estimate of drug-likeness (QED) is 0.228. The summed E-state index contributed by atoms with van der Waals surface area (Å²) in [5.41, 5.74) is 0.682. The van der Waals surface area contributed by atoms with Gasteiger partial charge in [-0.05, 0) is 35.7 Å². The molecule has 172 valence electrons. The molecule has 0 N–H and O–H groups in total. The molecule has 0 radical (unpaired) electrons. The Labute approximate surface area is 195 Å². The van der Waals surface area contributed by atoms with Crippen LogP contribution in [0.3, 0.4) is 0 Å². The first-order valence-electron chi connectivity index (χ1n) is 9.68. The highest BCUT2D eigenvalue weighted by atomic mass is 32.2. The summed E-state index contributed by atoms with van der Waals surface area (Å²) in [5, 5.41) is 14.4. The number of hydrogen-bond acceptors (Lipinski definition) is 10. The lowest BCUT2D eigenvalue weighted by Crippen LogP contribution is -2.12. The van der Waals surface area contributed by atoms with Gasteiger partial charge in [-0.3, -0.25) is 0 Å². The third kappa shape index (κ3) is 5.24. The Balaban J connectivity index is 1.73. The molecule has 0 spiro atoms. The predicted molar refractivity (Wildman–Crippen MR) is 122 cm³/mol. The molecular weight excluding hydrogens is 480 g/mol. The van der Waals surface area contributed by atoms with Gasteiger partial charge in [0.1, 0.15) is 9.79 Å².